The molecule has 1 aromatic heterocycles. The first-order valence-electron chi connectivity index (χ1n) is 10.9. The molecule has 0 atom stereocenters. The Labute approximate surface area is 220 Å². The second-order valence-electron chi connectivity index (χ2n) is 7.46. The van der Waals surface area contributed by atoms with Crippen molar-refractivity contribution in [3.05, 3.63) is 102 Å². The Hall–Kier alpha value is -4.07. The van der Waals surface area contributed by atoms with Crippen LogP contribution in [0.4, 0.5) is 5.69 Å². The van der Waals surface area contributed by atoms with Gasteiger partial charge in [0.1, 0.15) is 23.0 Å². The van der Waals surface area contributed by atoms with E-state index in [2.05, 4.69) is 0 Å². The summed E-state index contributed by atoms with van der Waals surface area (Å²) in [7, 11) is -1.02. The van der Waals surface area contributed by atoms with Crippen LogP contribution < -0.4 is 38.7 Å². The first kappa shape index (κ1) is 27.5. The first-order valence-corrected chi connectivity index (χ1v) is 12.7. The van der Waals surface area contributed by atoms with Gasteiger partial charge in [-0.05, 0) is 61.5 Å². The smallest absolute Gasteiger partial charge is 0.700 e. The highest BCUT2D eigenvalue weighted by atomic mass is 35.5. The third-order valence-electron chi connectivity index (χ3n) is 4.72. The first-order chi connectivity index (χ1) is 17.7. The lowest BCUT2D eigenvalue weighted by molar-refractivity contribution is -0.860. The van der Waals surface area contributed by atoms with Crippen LogP contribution in [0.25, 0.3) is 0 Å². The summed E-state index contributed by atoms with van der Waals surface area (Å²) in [5, 5.41) is 10.9. The molecule has 1 heterocycles. The Bertz CT molecular complexity index is 1280. The molecule has 0 fully saturated rings. The minimum Gasteiger partial charge on any atom is -0.872 e. The number of hydrogen-bond donors (Lipinski definition) is 1. The van der Waals surface area contributed by atoms with Crippen molar-refractivity contribution in [3.63, 3.8) is 0 Å². The van der Waals surface area contributed by atoms with Gasteiger partial charge in [-0.3, -0.25) is 0 Å². The molecule has 0 bridgehead atoms. The van der Waals surface area contributed by atoms with Crippen molar-refractivity contribution in [2.75, 3.05) is 20.0 Å². The summed E-state index contributed by atoms with van der Waals surface area (Å²) < 4.78 is 41.7. The number of halogens is 1. The van der Waals surface area contributed by atoms with Crippen LogP contribution in [0.15, 0.2) is 91.3 Å². The fraction of sp³-hybridized carbons (Fsp3) is 0.115. The van der Waals surface area contributed by atoms with E-state index in [1.54, 1.807) is 94.1 Å². The molecule has 3 aromatic carbocycles. The van der Waals surface area contributed by atoms with Crippen molar-refractivity contribution in [2.24, 2.45) is 0 Å². The maximum Gasteiger partial charge on any atom is 0.700 e. The number of nitrogens with zero attached hydrogens (tertiary/aromatic N) is 1. The van der Waals surface area contributed by atoms with E-state index < -0.39 is 7.82 Å². The molecule has 0 radical (unpaired) electrons. The van der Waals surface area contributed by atoms with Gasteiger partial charge in [-0.15, -0.1) is 10.4 Å². The number of aryl methyl sites for hydroxylation is 1. The molecule has 2 N–H and O–H groups in total. The molecular weight excluding hydrogens is 519 g/mol. The molecule has 0 unspecified atom stereocenters. The molecule has 0 saturated heterocycles. The van der Waals surface area contributed by atoms with Gasteiger partial charge in [0.2, 0.25) is 12.4 Å². The molecule has 37 heavy (non-hydrogen) atoms. The molecule has 4 rings (SSSR count). The number of ether oxygens (including phenoxy) is 2. The fourth-order valence-corrected chi connectivity index (χ4v) is 4.19. The Kier molecular flexibility index (Phi) is 9.49. The van der Waals surface area contributed by atoms with Gasteiger partial charge in [0.25, 0.3) is 0 Å². The lowest BCUT2D eigenvalue weighted by Gasteiger charge is -2.15. The maximum absolute atomic E-state index is 13.4. The summed E-state index contributed by atoms with van der Waals surface area (Å²) in [5.74, 6) is 1.80. The summed E-state index contributed by atoms with van der Waals surface area (Å²) in [4.78, 5) is 0. The molecule has 0 aliphatic rings. The lowest BCUT2D eigenvalue weighted by atomic mass is 10.3. The van der Waals surface area contributed by atoms with Crippen molar-refractivity contribution in [1.82, 2.24) is 0 Å². The van der Waals surface area contributed by atoms with Gasteiger partial charge in [0.05, 0.1) is 14.2 Å². The van der Waals surface area contributed by atoms with E-state index in [0.29, 0.717) is 22.2 Å². The van der Waals surface area contributed by atoms with Crippen LogP contribution in [0, 0.1) is 6.92 Å². The van der Waals surface area contributed by atoms with E-state index in [0.717, 1.165) is 5.56 Å². The van der Waals surface area contributed by atoms with Crippen LogP contribution in [-0.4, -0.2) is 14.2 Å². The molecule has 11 heteroatoms. The highest BCUT2D eigenvalue weighted by Gasteiger charge is 2.38. The average Bonchev–Trinajstić information content (AvgIpc) is 2.87. The molecule has 0 amide bonds. The van der Waals surface area contributed by atoms with Crippen molar-refractivity contribution in [3.8, 4) is 28.7 Å². The monoisotopic (exact) mass is 544 g/mol. The minimum atomic E-state index is -4.13. The van der Waals surface area contributed by atoms with Crippen molar-refractivity contribution in [1.29, 1.82) is 0 Å². The van der Waals surface area contributed by atoms with Crippen LogP contribution in [0.3, 0.4) is 0 Å². The van der Waals surface area contributed by atoms with Crippen LogP contribution in [-0.2, 0) is 4.57 Å². The van der Waals surface area contributed by atoms with Gasteiger partial charge in [-0.2, -0.15) is 4.57 Å². The van der Waals surface area contributed by atoms with Gasteiger partial charge in [-0.1, -0.05) is 29.8 Å². The standard InChI is InChI=1S/C20H21N2O6P.C6H5ClO/c1-15-14-22(13-12-20(15)21)28-29(23,26-18-8-4-16(24-2)5-9-18)27-19-10-6-17(25-3)7-11-19;7-5-2-1-3-6(8)4-5/h4-14,21H,1-3H3;1-4,8H. The van der Waals surface area contributed by atoms with Crippen LogP contribution in [0.2, 0.25) is 5.02 Å². The molecule has 0 aliphatic carbocycles. The van der Waals surface area contributed by atoms with Crippen LogP contribution in [0.5, 0.6) is 28.7 Å². The van der Waals surface area contributed by atoms with E-state index in [9.17, 15) is 9.67 Å². The lowest BCUT2D eigenvalue weighted by Crippen LogP contribution is -2.42. The predicted molar refractivity (Wildman–Crippen MR) is 138 cm³/mol. The molecule has 0 saturated carbocycles. The number of anilines is 1. The third-order valence-corrected chi connectivity index (χ3v) is 6.21. The van der Waals surface area contributed by atoms with E-state index >= 15 is 0 Å². The summed E-state index contributed by atoms with van der Waals surface area (Å²) in [6.45, 7) is 1.80. The molecule has 194 valence electrons. The summed E-state index contributed by atoms with van der Waals surface area (Å²) >= 11 is 5.44. The van der Waals surface area contributed by atoms with Crippen LogP contribution >= 0.6 is 19.4 Å². The number of pyridine rings is 1. The number of hydrogen-bond acceptors (Lipinski definition) is 8. The van der Waals surface area contributed by atoms with E-state index in [4.69, 9.17) is 40.5 Å². The summed E-state index contributed by atoms with van der Waals surface area (Å²) in [6, 6.07) is 20.9. The topological polar surface area (TPSA) is 116 Å². The largest absolute Gasteiger partial charge is 0.872 e. The van der Waals surface area contributed by atoms with Gasteiger partial charge in [0, 0.05) is 27.1 Å². The molecule has 0 spiro atoms. The van der Waals surface area contributed by atoms with Gasteiger partial charge >= 0.3 is 7.82 Å². The average molecular weight is 545 g/mol. The van der Waals surface area contributed by atoms with E-state index in [-0.39, 0.29) is 17.2 Å². The molecule has 4 aromatic rings. The highest BCUT2D eigenvalue weighted by Crippen LogP contribution is 2.46. The number of methoxy groups -OCH3 is 2. The van der Waals surface area contributed by atoms with Gasteiger partial charge in [-0.25, -0.2) is 0 Å². The number of benzene rings is 3. The van der Waals surface area contributed by atoms with Gasteiger partial charge in [0.15, 0.2) is 0 Å². The summed E-state index contributed by atoms with van der Waals surface area (Å²) in [6.07, 6.45) is 3.10. The molecule has 9 nitrogen and oxygen atoms in total. The number of nitrogen functional groups attached to an aromatic ring is 1. The summed E-state index contributed by atoms with van der Waals surface area (Å²) in [5.41, 5.74) is 7.15. The molecular formula is C26H26ClN2O7P. The van der Waals surface area contributed by atoms with Crippen LogP contribution in [0.1, 0.15) is 5.56 Å². The van der Waals surface area contributed by atoms with Gasteiger partial charge < -0.3 is 29.4 Å². The number of phosphoric acid groups is 1. The highest BCUT2D eigenvalue weighted by molar-refractivity contribution is 7.49. The predicted octanol–water partition coefficient (Wildman–Crippen LogP) is 4.99. The van der Waals surface area contributed by atoms with Crippen molar-refractivity contribution >= 4 is 25.1 Å². The fourth-order valence-electron chi connectivity index (χ4n) is 2.81. The number of nitrogens with two attached hydrogens (primary N) is 1. The Morgan fingerprint density at radius 3 is 1.76 bits per heavy atom. The second-order valence-corrected chi connectivity index (χ2v) is 9.32. The Morgan fingerprint density at radius 2 is 1.35 bits per heavy atom. The SMILES string of the molecule is COc1ccc(OP(=O)(Oc2ccc(OC)cc2)O[n+]2ccc(N)c(C)c2)cc1.[O-]c1cccc(Cl)c1. The zero-order valence-corrected chi connectivity index (χ0v) is 22.0. The second kappa shape index (κ2) is 12.8. The number of aromatic nitrogens is 1. The minimum absolute atomic E-state index is 0.0440. The number of rotatable bonds is 8. The van der Waals surface area contributed by atoms with Crippen molar-refractivity contribution < 1.29 is 37.5 Å². The normalized spacial score (nSPS) is 10.5. The third kappa shape index (κ3) is 8.52. The molecule has 0 aliphatic heterocycles. The maximum atomic E-state index is 13.4. The van der Waals surface area contributed by atoms with Crippen molar-refractivity contribution in [2.45, 2.75) is 6.92 Å². The Morgan fingerprint density at radius 1 is 0.838 bits per heavy atom. The Balaban J connectivity index is 0.000000405. The van der Waals surface area contributed by atoms with E-state index in [1.807, 2.05) is 0 Å². The van der Waals surface area contributed by atoms with E-state index in [1.165, 1.54) is 23.1 Å². The quantitative estimate of drug-likeness (QED) is 0.244. The zero-order valence-electron chi connectivity index (χ0n) is 20.4. The number of phosphoric ester groups is 1. The zero-order chi connectivity index (χ0) is 26.8.